The number of benzene rings is 1. The standard InChI is InChI=1S/C11H13F2N/c12-8-4-3-5-9(13)11(8)10-6-1-2-7-14-10/h3-5,10,14H,1-2,6-7H2/t10-/m0/s1. The van der Waals surface area contributed by atoms with E-state index in [0.717, 1.165) is 25.8 Å². The fourth-order valence-corrected chi connectivity index (χ4v) is 1.94. The molecular weight excluding hydrogens is 184 g/mol. The van der Waals surface area contributed by atoms with E-state index in [4.69, 9.17) is 0 Å². The largest absolute Gasteiger partial charge is 0.310 e. The molecule has 1 fully saturated rings. The van der Waals surface area contributed by atoms with Gasteiger partial charge in [-0.15, -0.1) is 0 Å². The highest BCUT2D eigenvalue weighted by Crippen LogP contribution is 2.27. The maximum atomic E-state index is 13.4. The van der Waals surface area contributed by atoms with Crippen LogP contribution in [0.15, 0.2) is 18.2 Å². The topological polar surface area (TPSA) is 12.0 Å². The van der Waals surface area contributed by atoms with Gasteiger partial charge in [-0.25, -0.2) is 8.78 Å². The minimum atomic E-state index is -0.440. The van der Waals surface area contributed by atoms with Gasteiger partial charge in [-0.3, -0.25) is 0 Å². The van der Waals surface area contributed by atoms with Crippen LogP contribution < -0.4 is 5.32 Å². The molecule has 1 aromatic carbocycles. The van der Waals surface area contributed by atoms with E-state index in [0.29, 0.717) is 0 Å². The van der Waals surface area contributed by atoms with Crippen LogP contribution in [0, 0.1) is 11.6 Å². The monoisotopic (exact) mass is 197 g/mol. The highest BCUT2D eigenvalue weighted by atomic mass is 19.1. The van der Waals surface area contributed by atoms with Gasteiger partial charge in [0.2, 0.25) is 0 Å². The molecule has 1 heterocycles. The van der Waals surface area contributed by atoms with Gasteiger partial charge in [-0.1, -0.05) is 12.5 Å². The first kappa shape index (κ1) is 9.59. The molecule has 0 saturated carbocycles. The summed E-state index contributed by atoms with van der Waals surface area (Å²) in [4.78, 5) is 0. The molecule has 3 heteroatoms. The molecule has 2 rings (SSSR count). The van der Waals surface area contributed by atoms with Crippen molar-refractivity contribution in [3.05, 3.63) is 35.4 Å². The van der Waals surface area contributed by atoms with Gasteiger partial charge in [0.05, 0.1) is 0 Å². The molecule has 1 atom stereocenters. The van der Waals surface area contributed by atoms with E-state index in [1.54, 1.807) is 0 Å². The molecule has 1 saturated heterocycles. The summed E-state index contributed by atoms with van der Waals surface area (Å²) in [5.41, 5.74) is 0.201. The van der Waals surface area contributed by atoms with Gasteiger partial charge in [-0.2, -0.15) is 0 Å². The molecule has 0 spiro atoms. The fourth-order valence-electron chi connectivity index (χ4n) is 1.94. The van der Waals surface area contributed by atoms with Crippen LogP contribution in [0.5, 0.6) is 0 Å². The van der Waals surface area contributed by atoms with Crippen molar-refractivity contribution in [1.82, 2.24) is 5.32 Å². The van der Waals surface area contributed by atoms with Crippen LogP contribution in [0.25, 0.3) is 0 Å². The maximum absolute atomic E-state index is 13.4. The summed E-state index contributed by atoms with van der Waals surface area (Å²) >= 11 is 0. The highest BCUT2D eigenvalue weighted by Gasteiger charge is 2.21. The van der Waals surface area contributed by atoms with E-state index in [2.05, 4.69) is 5.32 Å². The second kappa shape index (κ2) is 4.05. The van der Waals surface area contributed by atoms with E-state index in [1.165, 1.54) is 18.2 Å². The molecule has 1 nitrogen and oxygen atoms in total. The first-order valence-corrected chi connectivity index (χ1v) is 4.96. The number of nitrogens with one attached hydrogen (secondary N) is 1. The molecule has 0 radical (unpaired) electrons. The third-order valence-electron chi connectivity index (χ3n) is 2.66. The third-order valence-corrected chi connectivity index (χ3v) is 2.66. The lowest BCUT2D eigenvalue weighted by Gasteiger charge is -2.24. The molecule has 0 aromatic heterocycles. The van der Waals surface area contributed by atoms with E-state index < -0.39 is 11.6 Å². The molecule has 76 valence electrons. The second-order valence-corrected chi connectivity index (χ2v) is 3.64. The number of rotatable bonds is 1. The quantitative estimate of drug-likeness (QED) is 0.730. The Morgan fingerprint density at radius 3 is 2.43 bits per heavy atom. The summed E-state index contributed by atoms with van der Waals surface area (Å²) in [5.74, 6) is -0.881. The zero-order chi connectivity index (χ0) is 9.97. The molecule has 1 aliphatic heterocycles. The van der Waals surface area contributed by atoms with Crippen LogP contribution in [0.2, 0.25) is 0 Å². The minimum absolute atomic E-state index is 0.148. The van der Waals surface area contributed by atoms with Crippen molar-refractivity contribution in [2.24, 2.45) is 0 Å². The third kappa shape index (κ3) is 1.77. The van der Waals surface area contributed by atoms with Gasteiger partial charge in [-0.05, 0) is 31.5 Å². The summed E-state index contributed by atoms with van der Waals surface area (Å²) < 4.78 is 26.7. The average molecular weight is 197 g/mol. The summed E-state index contributed by atoms with van der Waals surface area (Å²) in [7, 11) is 0. The first-order valence-electron chi connectivity index (χ1n) is 4.96. The van der Waals surface area contributed by atoms with Gasteiger partial charge in [0.25, 0.3) is 0 Å². The smallest absolute Gasteiger partial charge is 0.130 e. The predicted molar refractivity (Wildman–Crippen MR) is 51.0 cm³/mol. The molecule has 0 amide bonds. The van der Waals surface area contributed by atoms with Crippen LogP contribution >= 0.6 is 0 Å². The van der Waals surface area contributed by atoms with Crippen LogP contribution in [-0.2, 0) is 0 Å². The normalized spacial score (nSPS) is 22.3. The lowest BCUT2D eigenvalue weighted by atomic mass is 9.97. The van der Waals surface area contributed by atoms with Crippen molar-refractivity contribution in [2.45, 2.75) is 25.3 Å². The molecule has 0 aliphatic carbocycles. The molecule has 0 unspecified atom stereocenters. The van der Waals surface area contributed by atoms with Gasteiger partial charge < -0.3 is 5.32 Å². The predicted octanol–water partition coefficient (Wildman–Crippen LogP) is 2.78. The maximum Gasteiger partial charge on any atom is 0.130 e. The zero-order valence-electron chi connectivity index (χ0n) is 7.89. The summed E-state index contributed by atoms with van der Waals surface area (Å²) in [6.45, 7) is 0.846. The number of halogens is 2. The van der Waals surface area contributed by atoms with E-state index in [1.807, 2.05) is 0 Å². The Bertz CT molecular complexity index is 299. The molecular formula is C11H13F2N. The number of hydrogen-bond acceptors (Lipinski definition) is 1. The van der Waals surface area contributed by atoms with Crippen molar-refractivity contribution in [2.75, 3.05) is 6.54 Å². The Hall–Kier alpha value is -0.960. The Kier molecular flexibility index (Phi) is 2.77. The minimum Gasteiger partial charge on any atom is -0.310 e. The van der Waals surface area contributed by atoms with Crippen molar-refractivity contribution in [3.8, 4) is 0 Å². The fraction of sp³-hybridized carbons (Fsp3) is 0.455. The second-order valence-electron chi connectivity index (χ2n) is 3.64. The first-order chi connectivity index (χ1) is 6.79. The van der Waals surface area contributed by atoms with Crippen LogP contribution in [-0.4, -0.2) is 6.54 Å². The molecule has 1 N–H and O–H groups in total. The molecule has 1 aliphatic rings. The van der Waals surface area contributed by atoms with Gasteiger partial charge >= 0.3 is 0 Å². The molecule has 14 heavy (non-hydrogen) atoms. The summed E-state index contributed by atoms with van der Waals surface area (Å²) in [5, 5.41) is 3.14. The Morgan fingerprint density at radius 1 is 1.14 bits per heavy atom. The van der Waals surface area contributed by atoms with Gasteiger partial charge in [0.15, 0.2) is 0 Å². The van der Waals surface area contributed by atoms with E-state index >= 15 is 0 Å². The van der Waals surface area contributed by atoms with Gasteiger partial charge in [0.1, 0.15) is 11.6 Å². The van der Waals surface area contributed by atoms with Crippen molar-refractivity contribution < 1.29 is 8.78 Å². The average Bonchev–Trinajstić information content (AvgIpc) is 2.19. The SMILES string of the molecule is Fc1cccc(F)c1[C@@H]1CCCCN1. The number of piperidine rings is 1. The number of hydrogen-bond donors (Lipinski definition) is 1. The Balaban J connectivity index is 2.29. The van der Waals surface area contributed by atoms with Gasteiger partial charge in [0, 0.05) is 11.6 Å². The summed E-state index contributed by atoms with van der Waals surface area (Å²) in [6.07, 6.45) is 2.94. The van der Waals surface area contributed by atoms with Crippen LogP contribution in [0.4, 0.5) is 8.78 Å². The Morgan fingerprint density at radius 2 is 1.86 bits per heavy atom. The Labute approximate surface area is 82.1 Å². The van der Waals surface area contributed by atoms with Crippen LogP contribution in [0.1, 0.15) is 30.9 Å². The highest BCUT2D eigenvalue weighted by molar-refractivity contribution is 5.23. The van der Waals surface area contributed by atoms with Crippen molar-refractivity contribution >= 4 is 0 Å². The van der Waals surface area contributed by atoms with Crippen LogP contribution in [0.3, 0.4) is 0 Å². The van der Waals surface area contributed by atoms with Crippen molar-refractivity contribution in [3.63, 3.8) is 0 Å². The van der Waals surface area contributed by atoms with E-state index in [9.17, 15) is 8.78 Å². The summed E-state index contributed by atoms with van der Waals surface area (Å²) in [6, 6.07) is 3.88. The van der Waals surface area contributed by atoms with E-state index in [-0.39, 0.29) is 11.6 Å². The van der Waals surface area contributed by atoms with Crippen molar-refractivity contribution in [1.29, 1.82) is 0 Å². The lowest BCUT2D eigenvalue weighted by Crippen LogP contribution is -2.28. The molecule has 0 bridgehead atoms. The molecule has 1 aromatic rings. The lowest BCUT2D eigenvalue weighted by molar-refractivity contribution is 0.385. The zero-order valence-corrected chi connectivity index (χ0v) is 7.89.